The number of fused-ring (bicyclic) bond motifs is 1. The van der Waals surface area contributed by atoms with Crippen molar-refractivity contribution in [1.82, 2.24) is 0 Å². The van der Waals surface area contributed by atoms with Crippen molar-refractivity contribution >= 4 is 23.1 Å². The van der Waals surface area contributed by atoms with Crippen molar-refractivity contribution in [3.63, 3.8) is 0 Å². The molecular weight excluding hydrogens is 290 g/mol. The highest BCUT2D eigenvalue weighted by molar-refractivity contribution is 6.40. The van der Waals surface area contributed by atoms with Crippen LogP contribution in [0.15, 0.2) is 54.8 Å². The average Bonchev–Trinajstić information content (AvgIpc) is 2.57. The summed E-state index contributed by atoms with van der Waals surface area (Å²) in [5, 5.41) is 0. The van der Waals surface area contributed by atoms with Crippen LogP contribution in [0.25, 0.3) is 5.57 Å². The monoisotopic (exact) mass is 307 g/mol. The molecule has 0 bridgehead atoms. The summed E-state index contributed by atoms with van der Waals surface area (Å²) >= 11 is 0. The molecule has 2 aromatic carbocycles. The van der Waals surface area contributed by atoms with Crippen LogP contribution in [0.1, 0.15) is 28.4 Å². The van der Waals surface area contributed by atoms with Crippen molar-refractivity contribution in [2.75, 3.05) is 11.5 Å². The van der Waals surface area contributed by atoms with E-state index in [1.807, 2.05) is 26.0 Å². The standard InChI is InChI=1S/C19H17NO3/c1-3-23-12-17-15-6-4-5-7-16(15)18(21)20(19(17)22)14-10-8-13(2)9-11-14/h4-12H,3H2,1-2H3. The molecule has 1 heterocycles. The molecule has 4 heteroatoms. The Morgan fingerprint density at radius 3 is 2.26 bits per heavy atom. The van der Waals surface area contributed by atoms with Crippen LogP contribution in [0.5, 0.6) is 0 Å². The molecule has 0 N–H and O–H groups in total. The van der Waals surface area contributed by atoms with Gasteiger partial charge in [-0.3, -0.25) is 9.59 Å². The highest BCUT2D eigenvalue weighted by Crippen LogP contribution is 2.32. The second kappa shape index (κ2) is 6.08. The van der Waals surface area contributed by atoms with Gasteiger partial charge in [0.15, 0.2) is 0 Å². The van der Waals surface area contributed by atoms with Gasteiger partial charge in [0.25, 0.3) is 11.8 Å². The van der Waals surface area contributed by atoms with Crippen LogP contribution in [0, 0.1) is 6.92 Å². The van der Waals surface area contributed by atoms with Crippen molar-refractivity contribution in [2.24, 2.45) is 0 Å². The van der Waals surface area contributed by atoms with Crippen LogP contribution in [0.2, 0.25) is 0 Å². The van der Waals surface area contributed by atoms with Crippen molar-refractivity contribution < 1.29 is 14.3 Å². The molecule has 2 aromatic rings. The lowest BCUT2D eigenvalue weighted by atomic mass is 9.94. The van der Waals surface area contributed by atoms with E-state index in [4.69, 9.17) is 4.74 Å². The highest BCUT2D eigenvalue weighted by Gasteiger charge is 2.36. The Labute approximate surface area is 135 Å². The molecule has 0 aliphatic carbocycles. The minimum absolute atomic E-state index is 0.317. The number of hydrogen-bond acceptors (Lipinski definition) is 3. The summed E-state index contributed by atoms with van der Waals surface area (Å²) in [6.45, 7) is 4.26. The summed E-state index contributed by atoms with van der Waals surface area (Å²) in [4.78, 5) is 26.8. The van der Waals surface area contributed by atoms with Crippen molar-refractivity contribution in [1.29, 1.82) is 0 Å². The molecule has 23 heavy (non-hydrogen) atoms. The van der Waals surface area contributed by atoms with Gasteiger partial charge in [0, 0.05) is 11.1 Å². The zero-order valence-electron chi connectivity index (χ0n) is 13.1. The van der Waals surface area contributed by atoms with E-state index in [1.165, 1.54) is 11.2 Å². The molecule has 0 saturated heterocycles. The molecule has 1 aliphatic rings. The Morgan fingerprint density at radius 1 is 0.957 bits per heavy atom. The number of imide groups is 1. The number of hydrogen-bond donors (Lipinski definition) is 0. The number of aryl methyl sites for hydroxylation is 1. The van der Waals surface area contributed by atoms with Crippen LogP contribution in [0.4, 0.5) is 5.69 Å². The molecule has 0 atom stereocenters. The van der Waals surface area contributed by atoms with Crippen LogP contribution < -0.4 is 4.90 Å². The van der Waals surface area contributed by atoms with Gasteiger partial charge in [-0.1, -0.05) is 35.9 Å². The van der Waals surface area contributed by atoms with E-state index in [0.29, 0.717) is 29.0 Å². The van der Waals surface area contributed by atoms with Gasteiger partial charge in [-0.2, -0.15) is 0 Å². The lowest BCUT2D eigenvalue weighted by molar-refractivity contribution is -0.113. The molecule has 116 valence electrons. The van der Waals surface area contributed by atoms with Crippen LogP contribution in [-0.4, -0.2) is 18.4 Å². The largest absolute Gasteiger partial charge is 0.501 e. The van der Waals surface area contributed by atoms with Gasteiger partial charge >= 0.3 is 0 Å². The SMILES string of the molecule is CCOC=C1C(=O)N(c2ccc(C)cc2)C(=O)c2ccccc21. The Balaban J connectivity index is 2.14. The van der Waals surface area contributed by atoms with Crippen molar-refractivity contribution in [2.45, 2.75) is 13.8 Å². The van der Waals surface area contributed by atoms with Gasteiger partial charge in [-0.05, 0) is 32.0 Å². The molecule has 0 aromatic heterocycles. The lowest BCUT2D eigenvalue weighted by Gasteiger charge is -2.28. The molecule has 3 rings (SSSR count). The minimum atomic E-state index is -0.369. The van der Waals surface area contributed by atoms with Crippen molar-refractivity contribution in [3.8, 4) is 0 Å². The van der Waals surface area contributed by atoms with Crippen molar-refractivity contribution in [3.05, 3.63) is 71.5 Å². The Morgan fingerprint density at radius 2 is 1.61 bits per heavy atom. The molecule has 0 fully saturated rings. The quantitative estimate of drug-likeness (QED) is 0.495. The first kappa shape index (κ1) is 15.0. The zero-order chi connectivity index (χ0) is 16.4. The number of carbonyl (C=O) groups excluding carboxylic acids is 2. The molecule has 2 amide bonds. The van der Waals surface area contributed by atoms with E-state index in [1.54, 1.807) is 36.4 Å². The predicted molar refractivity (Wildman–Crippen MR) is 89.0 cm³/mol. The molecule has 4 nitrogen and oxygen atoms in total. The first-order chi connectivity index (χ1) is 11.1. The van der Waals surface area contributed by atoms with Gasteiger partial charge in [0.2, 0.25) is 0 Å². The number of benzene rings is 2. The normalized spacial score (nSPS) is 15.7. The van der Waals surface area contributed by atoms with E-state index in [2.05, 4.69) is 0 Å². The van der Waals surface area contributed by atoms with E-state index in [-0.39, 0.29) is 11.8 Å². The second-order valence-corrected chi connectivity index (χ2v) is 5.31. The summed E-state index contributed by atoms with van der Waals surface area (Å²) in [5.74, 6) is -0.686. The Bertz CT molecular complexity index is 791. The molecule has 0 spiro atoms. The van der Waals surface area contributed by atoms with Gasteiger partial charge in [0.1, 0.15) is 0 Å². The Kier molecular flexibility index (Phi) is 3.98. The van der Waals surface area contributed by atoms with Gasteiger partial charge in [-0.25, -0.2) is 4.90 Å². The molecule has 1 aliphatic heterocycles. The van der Waals surface area contributed by atoms with Crippen LogP contribution >= 0.6 is 0 Å². The molecule has 0 radical (unpaired) electrons. The number of ether oxygens (including phenoxy) is 1. The fraction of sp³-hybridized carbons (Fsp3) is 0.158. The van der Waals surface area contributed by atoms with E-state index in [9.17, 15) is 9.59 Å². The maximum absolute atomic E-state index is 12.8. The first-order valence-corrected chi connectivity index (χ1v) is 7.50. The number of carbonyl (C=O) groups is 2. The maximum Gasteiger partial charge on any atom is 0.269 e. The van der Waals surface area contributed by atoms with E-state index >= 15 is 0 Å². The van der Waals surface area contributed by atoms with Crippen LogP contribution in [-0.2, 0) is 9.53 Å². The molecule has 0 unspecified atom stereocenters. The van der Waals surface area contributed by atoms with E-state index in [0.717, 1.165) is 5.56 Å². The summed E-state index contributed by atoms with van der Waals surface area (Å²) in [6, 6.07) is 14.4. The second-order valence-electron chi connectivity index (χ2n) is 5.31. The fourth-order valence-corrected chi connectivity index (χ4v) is 2.56. The van der Waals surface area contributed by atoms with E-state index < -0.39 is 0 Å². The third kappa shape index (κ3) is 2.63. The molecule has 0 saturated carbocycles. The zero-order valence-corrected chi connectivity index (χ0v) is 13.1. The minimum Gasteiger partial charge on any atom is -0.501 e. The van der Waals surface area contributed by atoms with Gasteiger partial charge in [0.05, 0.1) is 24.1 Å². The third-order valence-electron chi connectivity index (χ3n) is 3.74. The van der Waals surface area contributed by atoms with Gasteiger partial charge in [-0.15, -0.1) is 0 Å². The summed E-state index contributed by atoms with van der Waals surface area (Å²) in [7, 11) is 0. The Hall–Kier alpha value is -2.88. The summed E-state index contributed by atoms with van der Waals surface area (Å²) in [5.41, 5.74) is 3.12. The topological polar surface area (TPSA) is 46.6 Å². The molecular formula is C19H17NO3. The lowest BCUT2D eigenvalue weighted by Crippen LogP contribution is -2.41. The summed E-state index contributed by atoms with van der Waals surface area (Å²) < 4.78 is 5.32. The number of anilines is 1. The number of nitrogens with zero attached hydrogens (tertiary/aromatic N) is 1. The fourth-order valence-electron chi connectivity index (χ4n) is 2.56. The highest BCUT2D eigenvalue weighted by atomic mass is 16.5. The van der Waals surface area contributed by atoms with Crippen LogP contribution in [0.3, 0.4) is 0 Å². The maximum atomic E-state index is 12.8. The third-order valence-corrected chi connectivity index (χ3v) is 3.74. The van der Waals surface area contributed by atoms with Gasteiger partial charge < -0.3 is 4.74 Å². The summed E-state index contributed by atoms with van der Waals surface area (Å²) in [6.07, 6.45) is 1.44. The number of amides is 2. The first-order valence-electron chi connectivity index (χ1n) is 7.50. The number of rotatable bonds is 3. The predicted octanol–water partition coefficient (Wildman–Crippen LogP) is 3.56. The average molecular weight is 307 g/mol. The smallest absolute Gasteiger partial charge is 0.269 e.